The fourth-order valence-corrected chi connectivity index (χ4v) is 11.6. The molecule has 0 spiro atoms. The Labute approximate surface area is 292 Å². The quantitative estimate of drug-likeness (QED) is 0.136. The number of ether oxygens (including phenoxy) is 6. The summed E-state index contributed by atoms with van der Waals surface area (Å²) < 4.78 is 34.9. The van der Waals surface area contributed by atoms with E-state index in [0.717, 1.165) is 44.1 Å². The van der Waals surface area contributed by atoms with Crippen molar-refractivity contribution in [1.82, 2.24) is 0 Å². The van der Waals surface area contributed by atoms with Crippen LogP contribution in [0.5, 0.6) is 0 Å². The van der Waals surface area contributed by atoms with Crippen molar-refractivity contribution >= 4 is 5.97 Å². The average molecular weight is 713 g/mol. The Balaban J connectivity index is 1.01. The van der Waals surface area contributed by atoms with Gasteiger partial charge in [0.15, 0.2) is 12.6 Å². The molecule has 7 rings (SSSR count). The van der Waals surface area contributed by atoms with Crippen molar-refractivity contribution in [1.29, 1.82) is 0 Å². The van der Waals surface area contributed by atoms with Crippen molar-refractivity contribution in [3.8, 4) is 0 Å². The Kier molecular flexibility index (Phi) is 10.0. The number of aliphatic hydroxyl groups excluding tert-OH is 6. The summed E-state index contributed by atoms with van der Waals surface area (Å²) in [6.45, 7) is 5.62. The van der Waals surface area contributed by atoms with Crippen molar-refractivity contribution in [3.05, 3.63) is 11.6 Å². The Morgan fingerprint density at radius 3 is 2.30 bits per heavy atom. The third kappa shape index (κ3) is 5.72. The summed E-state index contributed by atoms with van der Waals surface area (Å²) in [6, 6.07) is 0. The predicted molar refractivity (Wildman–Crippen MR) is 172 cm³/mol. The van der Waals surface area contributed by atoms with Crippen LogP contribution in [-0.4, -0.2) is 141 Å². The van der Waals surface area contributed by atoms with E-state index in [1.807, 2.05) is 0 Å². The van der Waals surface area contributed by atoms with Gasteiger partial charge in [-0.25, -0.2) is 4.79 Å². The van der Waals surface area contributed by atoms with Crippen LogP contribution >= 0.6 is 0 Å². The molecule has 0 radical (unpaired) electrons. The van der Waals surface area contributed by atoms with Gasteiger partial charge in [-0.2, -0.15) is 0 Å². The van der Waals surface area contributed by atoms with E-state index in [2.05, 4.69) is 13.8 Å². The van der Waals surface area contributed by atoms with E-state index in [-0.39, 0.29) is 48.3 Å². The standard InChI is InChI=1S/C36H56O14/c1-16-26(40)27(41)28(42)32(47-16)50-30-23(14-37)49-33(29(43)31(30)45-4)48-19-7-9-34(2)18(12-19)5-6-21-20(34)8-10-35(3)25(17-11-24(39)46-15-17)22(38)13-36(21,35)44/h11,16,18-23,25-33,37-38,40-44H,5-10,12-15H2,1-4H3/t16-,18-,19+,20+,21-,22+,23-,25+,26-,27+,28-,29-,30+,31-,32+,33-,34+,35-,36?/m1/s1. The molecule has 4 aliphatic carbocycles. The van der Waals surface area contributed by atoms with Gasteiger partial charge in [0.25, 0.3) is 0 Å². The summed E-state index contributed by atoms with van der Waals surface area (Å²) in [5.41, 5.74) is -0.892. The first-order valence-electron chi connectivity index (χ1n) is 18.4. The van der Waals surface area contributed by atoms with Gasteiger partial charge in [0.2, 0.25) is 0 Å². The molecule has 19 atom stereocenters. The number of carbonyl (C=O) groups excluding carboxylic acids is 1. The van der Waals surface area contributed by atoms with Crippen LogP contribution in [0, 0.1) is 34.5 Å². The molecular weight excluding hydrogens is 656 g/mol. The van der Waals surface area contributed by atoms with Crippen LogP contribution in [0.4, 0.5) is 0 Å². The van der Waals surface area contributed by atoms with E-state index in [1.165, 1.54) is 20.1 Å². The Morgan fingerprint density at radius 1 is 0.880 bits per heavy atom. The monoisotopic (exact) mass is 712 g/mol. The van der Waals surface area contributed by atoms with E-state index in [4.69, 9.17) is 28.4 Å². The summed E-state index contributed by atoms with van der Waals surface area (Å²) in [5, 5.41) is 76.4. The lowest BCUT2D eigenvalue weighted by molar-refractivity contribution is -0.363. The van der Waals surface area contributed by atoms with Crippen LogP contribution in [0.15, 0.2) is 11.6 Å². The van der Waals surface area contributed by atoms with Crippen LogP contribution in [0.3, 0.4) is 0 Å². The summed E-state index contributed by atoms with van der Waals surface area (Å²) in [6.07, 6.45) is -5.73. The van der Waals surface area contributed by atoms with Crippen LogP contribution in [0.25, 0.3) is 0 Å². The molecule has 14 heteroatoms. The first-order chi connectivity index (χ1) is 23.7. The second kappa shape index (κ2) is 13.5. The number of carbonyl (C=O) groups is 1. The molecule has 0 bridgehead atoms. The van der Waals surface area contributed by atoms with Gasteiger partial charge in [0.1, 0.15) is 49.3 Å². The lowest BCUT2D eigenvalue weighted by atomic mass is 9.43. The summed E-state index contributed by atoms with van der Waals surface area (Å²) in [7, 11) is 1.39. The van der Waals surface area contributed by atoms with Gasteiger partial charge >= 0.3 is 5.97 Å². The third-order valence-corrected chi connectivity index (χ3v) is 14.4. The molecule has 284 valence electrons. The van der Waals surface area contributed by atoms with E-state index >= 15 is 0 Å². The maximum Gasteiger partial charge on any atom is 0.331 e. The number of methoxy groups -OCH3 is 1. The fourth-order valence-electron chi connectivity index (χ4n) is 11.6. The molecule has 0 amide bonds. The first-order valence-corrected chi connectivity index (χ1v) is 18.4. The molecule has 14 nitrogen and oxygen atoms in total. The zero-order valence-electron chi connectivity index (χ0n) is 29.4. The van der Waals surface area contributed by atoms with Crippen LogP contribution < -0.4 is 0 Å². The second-order valence-corrected chi connectivity index (χ2v) is 16.7. The van der Waals surface area contributed by atoms with Crippen molar-refractivity contribution < 1.29 is 69.0 Å². The summed E-state index contributed by atoms with van der Waals surface area (Å²) in [5.74, 6) is -0.124. The number of hydrogen-bond acceptors (Lipinski definition) is 14. The normalized spacial score (nSPS) is 55.1. The van der Waals surface area contributed by atoms with Crippen LogP contribution in [-0.2, 0) is 33.2 Å². The highest BCUT2D eigenvalue weighted by Gasteiger charge is 2.70. The van der Waals surface area contributed by atoms with Crippen molar-refractivity contribution in [2.75, 3.05) is 20.3 Å². The van der Waals surface area contributed by atoms with Gasteiger partial charge in [-0.05, 0) is 80.6 Å². The lowest BCUT2D eigenvalue weighted by Crippen LogP contribution is -2.65. The van der Waals surface area contributed by atoms with E-state index in [0.29, 0.717) is 12.3 Å². The molecule has 4 saturated carbocycles. The fraction of sp³-hybridized carbons (Fsp3) is 0.917. The van der Waals surface area contributed by atoms with Gasteiger partial charge in [0.05, 0.1) is 30.5 Å². The largest absolute Gasteiger partial charge is 0.458 e. The highest BCUT2D eigenvalue weighted by molar-refractivity contribution is 5.85. The van der Waals surface area contributed by atoms with Crippen molar-refractivity contribution in [2.45, 2.75) is 151 Å². The number of fused-ring (bicyclic) bond motifs is 5. The minimum absolute atomic E-state index is 0.0190. The molecule has 3 heterocycles. The van der Waals surface area contributed by atoms with E-state index < -0.39 is 85.1 Å². The van der Waals surface area contributed by atoms with Gasteiger partial charge in [-0.1, -0.05) is 13.8 Å². The highest BCUT2D eigenvalue weighted by atomic mass is 16.7. The zero-order valence-corrected chi connectivity index (χ0v) is 29.4. The number of cyclic esters (lactones) is 1. The molecule has 7 aliphatic rings. The third-order valence-electron chi connectivity index (χ3n) is 14.4. The van der Waals surface area contributed by atoms with Crippen molar-refractivity contribution in [3.63, 3.8) is 0 Å². The maximum atomic E-state index is 12.5. The molecular formula is C36H56O14. The van der Waals surface area contributed by atoms with Gasteiger partial charge in [0, 0.05) is 30.9 Å². The van der Waals surface area contributed by atoms with Gasteiger partial charge in [-0.15, -0.1) is 0 Å². The molecule has 3 aliphatic heterocycles. The minimum atomic E-state index is -1.58. The summed E-state index contributed by atoms with van der Waals surface area (Å²) in [4.78, 5) is 11.9. The molecule has 0 aromatic rings. The number of aliphatic hydroxyl groups is 7. The Morgan fingerprint density at radius 2 is 1.62 bits per heavy atom. The lowest BCUT2D eigenvalue weighted by Gasteiger charge is -2.63. The minimum Gasteiger partial charge on any atom is -0.458 e. The first kappa shape index (κ1) is 37.1. The topological polar surface area (TPSA) is 214 Å². The Bertz CT molecular complexity index is 1300. The van der Waals surface area contributed by atoms with E-state index in [1.54, 1.807) is 0 Å². The van der Waals surface area contributed by atoms with Gasteiger partial charge < -0.3 is 64.2 Å². The molecule has 7 N–H and O–H groups in total. The Hall–Kier alpha value is -1.27. The number of rotatable bonds is 7. The molecule has 0 aromatic carbocycles. The number of esters is 1. The van der Waals surface area contributed by atoms with Crippen LogP contribution in [0.2, 0.25) is 0 Å². The molecule has 6 fully saturated rings. The molecule has 0 aromatic heterocycles. The summed E-state index contributed by atoms with van der Waals surface area (Å²) >= 11 is 0. The molecule has 2 saturated heterocycles. The van der Waals surface area contributed by atoms with Crippen LogP contribution in [0.1, 0.15) is 72.1 Å². The van der Waals surface area contributed by atoms with Crippen molar-refractivity contribution in [2.24, 2.45) is 34.5 Å². The predicted octanol–water partition coefficient (Wildman–Crippen LogP) is -0.0948. The smallest absolute Gasteiger partial charge is 0.331 e. The second-order valence-electron chi connectivity index (χ2n) is 16.7. The highest BCUT2D eigenvalue weighted by Crippen LogP contribution is 2.70. The maximum absolute atomic E-state index is 12.5. The van der Waals surface area contributed by atoms with E-state index in [9.17, 15) is 40.5 Å². The number of hydrogen-bond donors (Lipinski definition) is 7. The van der Waals surface area contributed by atoms with Gasteiger partial charge in [-0.3, -0.25) is 0 Å². The zero-order chi connectivity index (χ0) is 35.9. The average Bonchev–Trinajstić information content (AvgIpc) is 3.59. The molecule has 1 unspecified atom stereocenters. The SMILES string of the molecule is CO[C@@H]1[C@@H](O)[C@H](O[C@H]2CC[C@@]3(C)[C@H](CC[C@@H]4[C@@H]3CC[C@]3(C)[C@@H](C5=CC(=O)OC5)[C@@H](O)CC43O)C2)O[C@H](CO)[C@@H]1O[C@@H]1O[C@H](C)[C@@H](O)[C@H](O)[C@H]1O. The molecule has 50 heavy (non-hydrogen) atoms.